The molecular weight excluding hydrogens is 210 g/mol. The number of imidazole rings is 1. The summed E-state index contributed by atoms with van der Waals surface area (Å²) in [4.78, 5) is 4.90. The van der Waals surface area contributed by atoms with Crippen LogP contribution in [0.4, 0.5) is 0 Å². The SMILES string of the molecule is CC(C)Cc1nc2c(n1C1(C)CC1)CCNC2. The first-order valence-electron chi connectivity index (χ1n) is 6.91. The topological polar surface area (TPSA) is 29.9 Å². The zero-order valence-electron chi connectivity index (χ0n) is 11.2. The normalized spacial score (nSPS) is 21.6. The molecule has 3 heteroatoms. The van der Waals surface area contributed by atoms with Gasteiger partial charge < -0.3 is 9.88 Å². The van der Waals surface area contributed by atoms with Crippen molar-refractivity contribution in [3.63, 3.8) is 0 Å². The molecule has 0 bridgehead atoms. The van der Waals surface area contributed by atoms with Gasteiger partial charge in [-0.3, -0.25) is 0 Å². The van der Waals surface area contributed by atoms with Crippen LogP contribution in [0.25, 0.3) is 0 Å². The van der Waals surface area contributed by atoms with Crippen LogP contribution in [0.1, 0.15) is 50.8 Å². The summed E-state index contributed by atoms with van der Waals surface area (Å²) in [6.07, 6.45) is 4.92. The Bertz CT molecular complexity index is 427. The largest absolute Gasteiger partial charge is 0.326 e. The van der Waals surface area contributed by atoms with Gasteiger partial charge in [-0.2, -0.15) is 0 Å². The second kappa shape index (κ2) is 3.84. The predicted octanol–water partition coefficient (Wildman–Crippen LogP) is 2.24. The van der Waals surface area contributed by atoms with Crippen LogP contribution in [0.2, 0.25) is 0 Å². The summed E-state index contributed by atoms with van der Waals surface area (Å²) in [5, 5.41) is 3.43. The van der Waals surface area contributed by atoms with Gasteiger partial charge in [0.1, 0.15) is 5.82 Å². The van der Waals surface area contributed by atoms with E-state index in [0.717, 1.165) is 25.9 Å². The van der Waals surface area contributed by atoms with Crippen LogP contribution in [-0.4, -0.2) is 16.1 Å². The van der Waals surface area contributed by atoms with Gasteiger partial charge in [-0.1, -0.05) is 13.8 Å². The lowest BCUT2D eigenvalue weighted by Crippen LogP contribution is -2.27. The van der Waals surface area contributed by atoms with E-state index in [-0.39, 0.29) is 0 Å². The van der Waals surface area contributed by atoms with Crippen LogP contribution < -0.4 is 5.32 Å². The lowest BCUT2D eigenvalue weighted by atomic mass is 10.1. The van der Waals surface area contributed by atoms with Crippen molar-refractivity contribution in [3.8, 4) is 0 Å². The van der Waals surface area contributed by atoms with Gasteiger partial charge >= 0.3 is 0 Å². The first-order chi connectivity index (χ1) is 8.10. The van der Waals surface area contributed by atoms with Gasteiger partial charge in [-0.25, -0.2) is 4.98 Å². The van der Waals surface area contributed by atoms with Gasteiger partial charge in [0.05, 0.1) is 5.69 Å². The van der Waals surface area contributed by atoms with Crippen molar-refractivity contribution >= 4 is 0 Å². The fourth-order valence-electron chi connectivity index (χ4n) is 2.91. The van der Waals surface area contributed by atoms with E-state index in [1.807, 2.05) is 0 Å². The molecule has 0 atom stereocenters. The second-order valence-electron chi connectivity index (χ2n) is 6.28. The summed E-state index contributed by atoms with van der Waals surface area (Å²) in [6, 6.07) is 0. The van der Waals surface area contributed by atoms with E-state index in [1.54, 1.807) is 0 Å². The van der Waals surface area contributed by atoms with Gasteiger partial charge in [-0.15, -0.1) is 0 Å². The zero-order valence-corrected chi connectivity index (χ0v) is 11.2. The van der Waals surface area contributed by atoms with Crippen molar-refractivity contribution in [1.82, 2.24) is 14.9 Å². The summed E-state index contributed by atoms with van der Waals surface area (Å²) in [6.45, 7) is 9.03. The third kappa shape index (κ3) is 1.90. The molecule has 1 saturated carbocycles. The Morgan fingerprint density at radius 3 is 2.82 bits per heavy atom. The maximum atomic E-state index is 4.90. The fourth-order valence-corrected chi connectivity index (χ4v) is 2.91. The molecule has 1 aromatic heterocycles. The first kappa shape index (κ1) is 11.3. The van der Waals surface area contributed by atoms with E-state index in [9.17, 15) is 0 Å². The Morgan fingerprint density at radius 1 is 1.41 bits per heavy atom. The highest BCUT2D eigenvalue weighted by atomic mass is 15.2. The quantitative estimate of drug-likeness (QED) is 0.867. The molecule has 2 aliphatic rings. The van der Waals surface area contributed by atoms with Crippen molar-refractivity contribution in [2.24, 2.45) is 5.92 Å². The van der Waals surface area contributed by atoms with Gasteiger partial charge in [0, 0.05) is 37.2 Å². The summed E-state index contributed by atoms with van der Waals surface area (Å²) >= 11 is 0. The highest BCUT2D eigenvalue weighted by Gasteiger charge is 2.43. The van der Waals surface area contributed by atoms with Crippen LogP contribution in [0, 0.1) is 5.92 Å². The third-order valence-electron chi connectivity index (χ3n) is 4.06. The summed E-state index contributed by atoms with van der Waals surface area (Å²) < 4.78 is 2.59. The molecule has 1 aromatic rings. The van der Waals surface area contributed by atoms with Crippen molar-refractivity contribution in [3.05, 3.63) is 17.2 Å². The standard InChI is InChI=1S/C14H23N3/c1-10(2)8-13-16-11-9-15-7-4-12(11)17(13)14(3)5-6-14/h10,15H,4-9H2,1-3H3. The molecule has 0 aromatic carbocycles. The molecule has 1 fully saturated rings. The number of fused-ring (bicyclic) bond motifs is 1. The molecule has 2 heterocycles. The van der Waals surface area contributed by atoms with Gasteiger partial charge in [0.2, 0.25) is 0 Å². The number of rotatable bonds is 3. The van der Waals surface area contributed by atoms with E-state index in [2.05, 4.69) is 30.7 Å². The van der Waals surface area contributed by atoms with E-state index in [0.29, 0.717) is 11.5 Å². The average Bonchev–Trinajstić information content (AvgIpc) is 2.90. The second-order valence-corrected chi connectivity index (χ2v) is 6.28. The number of aromatic nitrogens is 2. The van der Waals surface area contributed by atoms with Crippen LogP contribution >= 0.6 is 0 Å². The van der Waals surface area contributed by atoms with Crippen molar-refractivity contribution < 1.29 is 0 Å². The van der Waals surface area contributed by atoms with Crippen LogP contribution in [0.5, 0.6) is 0 Å². The molecule has 3 nitrogen and oxygen atoms in total. The summed E-state index contributed by atoms with van der Waals surface area (Å²) in [5.74, 6) is 2.02. The van der Waals surface area contributed by atoms with E-state index in [4.69, 9.17) is 4.98 Å². The van der Waals surface area contributed by atoms with Crippen LogP contribution in [-0.2, 0) is 24.9 Å². The minimum atomic E-state index is 0.391. The molecule has 0 amide bonds. The summed E-state index contributed by atoms with van der Waals surface area (Å²) in [5.41, 5.74) is 3.21. The lowest BCUT2D eigenvalue weighted by molar-refractivity contribution is 0.462. The highest BCUT2D eigenvalue weighted by molar-refractivity contribution is 5.25. The Kier molecular flexibility index (Phi) is 2.54. The fraction of sp³-hybridized carbons (Fsp3) is 0.786. The number of nitrogens with one attached hydrogen (secondary N) is 1. The number of hydrogen-bond acceptors (Lipinski definition) is 2. The Labute approximate surface area is 104 Å². The number of hydrogen-bond donors (Lipinski definition) is 1. The molecule has 94 valence electrons. The maximum absolute atomic E-state index is 4.90. The minimum absolute atomic E-state index is 0.391. The van der Waals surface area contributed by atoms with Crippen LogP contribution in [0.15, 0.2) is 0 Å². The zero-order chi connectivity index (χ0) is 12.0. The molecule has 0 unspecified atom stereocenters. The molecule has 3 rings (SSSR count). The monoisotopic (exact) mass is 233 g/mol. The maximum Gasteiger partial charge on any atom is 0.110 e. The smallest absolute Gasteiger partial charge is 0.110 e. The lowest BCUT2D eigenvalue weighted by Gasteiger charge is -2.21. The van der Waals surface area contributed by atoms with Gasteiger partial charge in [0.25, 0.3) is 0 Å². The van der Waals surface area contributed by atoms with Crippen molar-refractivity contribution in [1.29, 1.82) is 0 Å². The summed E-state index contributed by atoms with van der Waals surface area (Å²) in [7, 11) is 0. The Hall–Kier alpha value is -0.830. The van der Waals surface area contributed by atoms with Gasteiger partial charge in [-0.05, 0) is 25.7 Å². The first-order valence-corrected chi connectivity index (χ1v) is 6.91. The molecule has 1 aliphatic carbocycles. The third-order valence-corrected chi connectivity index (χ3v) is 4.06. The molecular formula is C14H23N3. The molecule has 0 radical (unpaired) electrons. The molecule has 17 heavy (non-hydrogen) atoms. The van der Waals surface area contributed by atoms with Crippen molar-refractivity contribution in [2.45, 2.75) is 58.5 Å². The van der Waals surface area contributed by atoms with E-state index >= 15 is 0 Å². The van der Waals surface area contributed by atoms with E-state index in [1.165, 1.54) is 30.1 Å². The Balaban J connectivity index is 2.04. The minimum Gasteiger partial charge on any atom is -0.326 e. The molecule has 1 aliphatic heterocycles. The Morgan fingerprint density at radius 2 is 2.18 bits per heavy atom. The highest BCUT2D eigenvalue weighted by Crippen LogP contribution is 2.45. The van der Waals surface area contributed by atoms with E-state index < -0.39 is 0 Å². The van der Waals surface area contributed by atoms with Gasteiger partial charge in [0.15, 0.2) is 0 Å². The molecule has 0 saturated heterocycles. The van der Waals surface area contributed by atoms with Crippen molar-refractivity contribution in [2.75, 3.05) is 6.54 Å². The number of nitrogens with zero attached hydrogens (tertiary/aromatic N) is 2. The average molecular weight is 233 g/mol. The molecule has 0 spiro atoms. The molecule has 1 N–H and O–H groups in total. The van der Waals surface area contributed by atoms with Crippen LogP contribution in [0.3, 0.4) is 0 Å². The predicted molar refractivity (Wildman–Crippen MR) is 69.1 cm³/mol.